The number of halogens is 1. The van der Waals surface area contributed by atoms with Gasteiger partial charge in [0.05, 0.1) is 0 Å². The molecule has 3 aromatic carbocycles. The second-order valence-corrected chi connectivity index (χ2v) is 17.8. The Labute approximate surface area is 260 Å². The van der Waals surface area contributed by atoms with Crippen molar-refractivity contribution in [2.75, 3.05) is 0 Å². The van der Waals surface area contributed by atoms with Crippen molar-refractivity contribution >= 4 is 41.9 Å². The van der Waals surface area contributed by atoms with Gasteiger partial charge < -0.3 is 0 Å². The predicted octanol–water partition coefficient (Wildman–Crippen LogP) is 6.11. The van der Waals surface area contributed by atoms with Gasteiger partial charge in [-0.25, -0.2) is 0 Å². The molecule has 2 amide bonds. The van der Waals surface area contributed by atoms with Gasteiger partial charge in [-0.3, -0.25) is 0 Å². The fourth-order valence-electron chi connectivity index (χ4n) is 6.55. The van der Waals surface area contributed by atoms with E-state index in [0.717, 1.165) is 32.1 Å². The fraction of sp³-hybridized carbons (Fsp3) is 0.371. The van der Waals surface area contributed by atoms with Gasteiger partial charge in [0.1, 0.15) is 0 Å². The summed E-state index contributed by atoms with van der Waals surface area (Å²) in [4.78, 5) is 58.6. The molecule has 3 aromatic rings. The van der Waals surface area contributed by atoms with Crippen LogP contribution in [-0.4, -0.2) is 53.5 Å². The third-order valence-electron chi connectivity index (χ3n) is 8.50. The molecule has 4 atom stereocenters. The third-order valence-corrected chi connectivity index (χ3v) is 14.4. The van der Waals surface area contributed by atoms with Gasteiger partial charge >= 0.3 is 261 Å². The van der Waals surface area contributed by atoms with Gasteiger partial charge in [-0.05, 0) is 0 Å². The molecule has 0 aromatic heterocycles. The number of hydrogen-bond acceptors (Lipinski definition) is 5. The van der Waals surface area contributed by atoms with E-state index < -0.39 is 41.4 Å². The average molecular weight is 693 g/mol. The molecule has 0 spiro atoms. The Hall–Kier alpha value is -3.53. The summed E-state index contributed by atoms with van der Waals surface area (Å²) in [6.45, 7) is 5.88. The van der Waals surface area contributed by atoms with Gasteiger partial charge in [0.25, 0.3) is 0 Å². The first-order chi connectivity index (χ1) is 20.7. The van der Waals surface area contributed by atoms with Gasteiger partial charge in [0, 0.05) is 0 Å². The van der Waals surface area contributed by atoms with E-state index in [1.807, 2.05) is 99.6 Å². The van der Waals surface area contributed by atoms with E-state index in [9.17, 15) is 19.2 Å². The molecule has 4 unspecified atom stereocenters. The Morgan fingerprint density at radius 3 is 2.16 bits per heavy atom. The Morgan fingerprint density at radius 2 is 1.47 bits per heavy atom. The molecule has 3 aliphatic rings. The molecule has 43 heavy (non-hydrogen) atoms. The predicted molar refractivity (Wildman–Crippen MR) is 172 cm³/mol. The van der Waals surface area contributed by atoms with Crippen molar-refractivity contribution in [3.63, 3.8) is 0 Å². The zero-order valence-corrected chi connectivity index (χ0v) is 26.9. The van der Waals surface area contributed by atoms with E-state index in [1.165, 1.54) is 0 Å². The number of alkyl halides is 1. The molecule has 8 heteroatoms. The molecule has 0 N–H and O–H groups in total. The van der Waals surface area contributed by atoms with Gasteiger partial charge in [0.15, 0.2) is 0 Å². The van der Waals surface area contributed by atoms with Gasteiger partial charge in [-0.15, -0.1) is 0 Å². The van der Waals surface area contributed by atoms with Crippen LogP contribution in [0.25, 0.3) is 0 Å². The van der Waals surface area contributed by atoms with Crippen molar-refractivity contribution in [2.45, 2.75) is 80.7 Å². The normalized spacial score (nSPS) is 23.8. The third kappa shape index (κ3) is 5.73. The maximum atomic E-state index is 14.8. The van der Waals surface area contributed by atoms with Crippen LogP contribution >= 0.6 is 19.8 Å². The van der Waals surface area contributed by atoms with E-state index >= 15 is 0 Å². The van der Waals surface area contributed by atoms with Gasteiger partial charge in [-0.2, -0.15) is 0 Å². The molecule has 3 aliphatic heterocycles. The number of benzene rings is 3. The van der Waals surface area contributed by atoms with Crippen molar-refractivity contribution in [1.29, 1.82) is 0 Å². The number of fused-ring (bicyclic) bond motifs is 2. The van der Waals surface area contributed by atoms with Crippen LogP contribution in [0.1, 0.15) is 61.9 Å². The molecule has 0 bridgehead atoms. The topological polar surface area (TPSA) is 84.0 Å². The SMILES string of the molecule is CC(C)(C)OC(=O)I1c2ccccc2CC1C(=O)N1C(C(=O)N2Cc3ccccc3CC2C=O)CCC1c1ccccc1. The van der Waals surface area contributed by atoms with Crippen LogP contribution in [0.4, 0.5) is 4.79 Å². The quantitative estimate of drug-likeness (QED) is 0.140. The van der Waals surface area contributed by atoms with E-state index in [-0.39, 0.29) is 21.8 Å². The molecule has 0 aliphatic carbocycles. The van der Waals surface area contributed by atoms with Crippen molar-refractivity contribution in [1.82, 2.24) is 9.80 Å². The molecule has 0 radical (unpaired) electrons. The summed E-state index contributed by atoms with van der Waals surface area (Å²) in [5.41, 5.74) is 3.40. The van der Waals surface area contributed by atoms with Crippen LogP contribution in [0.3, 0.4) is 0 Å². The first kappa shape index (κ1) is 29.5. The van der Waals surface area contributed by atoms with E-state index in [0.29, 0.717) is 32.2 Å². The summed E-state index contributed by atoms with van der Waals surface area (Å²) in [6, 6.07) is 23.9. The van der Waals surface area contributed by atoms with Crippen LogP contribution < -0.4 is 0 Å². The summed E-state index contributed by atoms with van der Waals surface area (Å²) in [7, 11) is 0. The fourth-order valence-corrected chi connectivity index (χ4v) is 12.9. The zero-order chi connectivity index (χ0) is 30.3. The van der Waals surface area contributed by atoms with Gasteiger partial charge in [0.2, 0.25) is 0 Å². The molecular weight excluding hydrogens is 655 g/mol. The molecule has 7 nitrogen and oxygen atoms in total. The summed E-state index contributed by atoms with van der Waals surface area (Å²) in [5.74, 6) is -0.358. The average Bonchev–Trinajstić information content (AvgIpc) is 3.62. The molecular formula is C35H37IN2O5. The maximum absolute atomic E-state index is 14.8. The monoisotopic (exact) mass is 692 g/mol. The summed E-state index contributed by atoms with van der Waals surface area (Å²) < 4.78 is 6.06. The van der Waals surface area contributed by atoms with E-state index in [4.69, 9.17) is 4.74 Å². The minimum absolute atomic E-state index is 0.156. The van der Waals surface area contributed by atoms with Crippen LogP contribution in [0.15, 0.2) is 78.9 Å². The number of aldehydes is 1. The Bertz CT molecular complexity index is 1550. The Balaban J connectivity index is 1.37. The van der Waals surface area contributed by atoms with Gasteiger partial charge in [-0.1, -0.05) is 0 Å². The second kappa shape index (κ2) is 11.9. The van der Waals surface area contributed by atoms with Crippen LogP contribution in [-0.2, 0) is 38.5 Å². The Kier molecular flexibility index (Phi) is 8.15. The standard InChI is InChI=1S/C35H37IN2O5/c1-35(2,3)43-34(42)36-28-16-10-9-14-25(28)20-29(36)32(40)38-30(23-11-5-4-6-12-23)17-18-31(38)33(41)37-21-26-15-8-7-13-24(26)19-27(37)22-39/h4-16,22,27,29-31H,17-21H2,1-3H3. The molecule has 3 heterocycles. The first-order valence-electron chi connectivity index (χ1n) is 14.8. The van der Waals surface area contributed by atoms with E-state index in [1.54, 1.807) is 9.80 Å². The number of nitrogens with zero attached hydrogens (tertiary/aromatic N) is 2. The van der Waals surface area contributed by atoms with Crippen LogP contribution in [0, 0.1) is 3.57 Å². The van der Waals surface area contributed by atoms with Crippen LogP contribution in [0.2, 0.25) is 0 Å². The number of rotatable bonds is 5. The molecule has 1 fully saturated rings. The zero-order valence-electron chi connectivity index (χ0n) is 24.7. The summed E-state index contributed by atoms with van der Waals surface area (Å²) >= 11 is -2.85. The molecule has 6 rings (SSSR count). The second-order valence-electron chi connectivity index (χ2n) is 12.4. The number of carbonyl (C=O) groups is 4. The van der Waals surface area contributed by atoms with Crippen molar-refractivity contribution < 1.29 is 23.9 Å². The minimum atomic E-state index is -2.85. The molecule has 0 saturated carbocycles. The van der Waals surface area contributed by atoms with Crippen molar-refractivity contribution in [3.8, 4) is 0 Å². The summed E-state index contributed by atoms with van der Waals surface area (Å²) in [5, 5.41) is 0. The Morgan fingerprint density at radius 1 is 0.814 bits per heavy atom. The number of carbonyl (C=O) groups excluding carboxylic acids is 4. The summed E-state index contributed by atoms with van der Waals surface area (Å²) in [6.07, 6.45) is 2.90. The van der Waals surface area contributed by atoms with Crippen LogP contribution in [0.5, 0.6) is 0 Å². The number of likely N-dealkylation sites (tertiary alicyclic amines) is 1. The number of ether oxygens (including phenoxy) is 1. The number of amides is 2. The first-order valence-corrected chi connectivity index (χ1v) is 18.3. The molecule has 224 valence electrons. The molecule has 1 saturated heterocycles. The van der Waals surface area contributed by atoms with Crippen molar-refractivity contribution in [3.05, 3.63) is 105 Å². The van der Waals surface area contributed by atoms with Crippen molar-refractivity contribution in [2.24, 2.45) is 0 Å². The van der Waals surface area contributed by atoms with E-state index in [2.05, 4.69) is 0 Å². The number of hydrogen-bond donors (Lipinski definition) is 0.